The van der Waals surface area contributed by atoms with Crippen molar-refractivity contribution >= 4 is 17.5 Å². The molecule has 1 saturated carbocycles. The van der Waals surface area contributed by atoms with E-state index in [0.29, 0.717) is 32.4 Å². The van der Waals surface area contributed by atoms with Gasteiger partial charge in [0, 0.05) is 30.6 Å². The first-order valence-electron chi connectivity index (χ1n) is 10.1. The largest absolute Gasteiger partial charge is 0.416 e. The van der Waals surface area contributed by atoms with Crippen molar-refractivity contribution in [3.63, 3.8) is 0 Å². The van der Waals surface area contributed by atoms with Crippen LogP contribution in [-0.2, 0) is 15.8 Å². The first-order chi connectivity index (χ1) is 14.3. The van der Waals surface area contributed by atoms with Crippen molar-refractivity contribution in [3.05, 3.63) is 65.7 Å². The van der Waals surface area contributed by atoms with Crippen LogP contribution in [-0.4, -0.2) is 29.8 Å². The first-order valence-corrected chi connectivity index (χ1v) is 10.1. The number of likely N-dealkylation sites (tertiary alicyclic amines) is 1. The molecule has 2 aliphatic rings. The van der Waals surface area contributed by atoms with E-state index in [1.54, 1.807) is 4.90 Å². The third-order valence-corrected chi connectivity index (χ3v) is 5.99. The molecule has 4 nitrogen and oxygen atoms in total. The number of benzene rings is 2. The molecule has 2 amide bonds. The summed E-state index contributed by atoms with van der Waals surface area (Å²) in [4.78, 5) is 27.0. The van der Waals surface area contributed by atoms with Gasteiger partial charge in [0.1, 0.15) is 0 Å². The first kappa shape index (κ1) is 20.4. The molecule has 0 bridgehead atoms. The lowest BCUT2D eigenvalue weighted by Gasteiger charge is -2.31. The van der Waals surface area contributed by atoms with Crippen molar-refractivity contribution < 1.29 is 22.8 Å². The van der Waals surface area contributed by atoms with E-state index < -0.39 is 11.7 Å². The number of nitrogens with one attached hydrogen (secondary N) is 1. The Kier molecular flexibility index (Phi) is 5.54. The second kappa shape index (κ2) is 8.13. The Hall–Kier alpha value is -2.83. The van der Waals surface area contributed by atoms with E-state index in [0.717, 1.165) is 23.4 Å². The number of hydrogen-bond donors (Lipinski definition) is 1. The number of halogens is 3. The fourth-order valence-electron chi connectivity index (χ4n) is 4.12. The maximum Gasteiger partial charge on any atom is 0.416 e. The van der Waals surface area contributed by atoms with Crippen LogP contribution < -0.4 is 5.32 Å². The van der Waals surface area contributed by atoms with Gasteiger partial charge in [0.2, 0.25) is 11.8 Å². The lowest BCUT2D eigenvalue weighted by atomic mass is 9.95. The number of rotatable bonds is 4. The summed E-state index contributed by atoms with van der Waals surface area (Å²) in [5.74, 6) is -0.293. The highest BCUT2D eigenvalue weighted by Crippen LogP contribution is 2.49. The Bertz CT molecular complexity index is 904. The van der Waals surface area contributed by atoms with Crippen LogP contribution in [0.3, 0.4) is 0 Å². The Balaban J connectivity index is 1.27. The molecule has 2 fully saturated rings. The zero-order valence-electron chi connectivity index (χ0n) is 16.4. The molecular weight excluding hydrogens is 393 g/mol. The molecule has 2 aromatic rings. The van der Waals surface area contributed by atoms with Crippen LogP contribution in [0.5, 0.6) is 0 Å². The monoisotopic (exact) mass is 416 g/mol. The van der Waals surface area contributed by atoms with E-state index >= 15 is 0 Å². The predicted molar refractivity (Wildman–Crippen MR) is 107 cm³/mol. The molecule has 7 heteroatoms. The molecule has 1 N–H and O–H groups in total. The van der Waals surface area contributed by atoms with Crippen molar-refractivity contribution in [2.45, 2.75) is 31.4 Å². The molecule has 0 radical (unpaired) electrons. The molecular formula is C23H23F3N2O2. The van der Waals surface area contributed by atoms with Crippen LogP contribution in [0.25, 0.3) is 0 Å². The van der Waals surface area contributed by atoms with Crippen LogP contribution >= 0.6 is 0 Å². The number of anilines is 1. The van der Waals surface area contributed by atoms with E-state index in [4.69, 9.17) is 0 Å². The maximum atomic E-state index is 12.8. The molecule has 158 valence electrons. The summed E-state index contributed by atoms with van der Waals surface area (Å²) in [6.45, 7) is 1.06. The van der Waals surface area contributed by atoms with E-state index in [9.17, 15) is 22.8 Å². The quantitative estimate of drug-likeness (QED) is 0.786. The molecule has 1 aliphatic carbocycles. The number of carbonyl (C=O) groups is 2. The highest BCUT2D eigenvalue weighted by atomic mass is 19.4. The van der Waals surface area contributed by atoms with Gasteiger partial charge in [-0.15, -0.1) is 0 Å². The molecule has 2 atom stereocenters. The fraction of sp³-hybridized carbons (Fsp3) is 0.391. The van der Waals surface area contributed by atoms with Crippen LogP contribution in [0.2, 0.25) is 0 Å². The molecule has 4 rings (SSSR count). The fourth-order valence-corrected chi connectivity index (χ4v) is 4.12. The Morgan fingerprint density at radius 2 is 1.57 bits per heavy atom. The van der Waals surface area contributed by atoms with Crippen molar-refractivity contribution in [2.24, 2.45) is 11.8 Å². The summed E-state index contributed by atoms with van der Waals surface area (Å²) in [5, 5.41) is 2.91. The van der Waals surface area contributed by atoms with Gasteiger partial charge in [0.25, 0.3) is 0 Å². The molecule has 1 aliphatic heterocycles. The van der Waals surface area contributed by atoms with Crippen LogP contribution in [0.4, 0.5) is 18.9 Å². The Morgan fingerprint density at radius 1 is 0.933 bits per heavy atom. The number of piperidine rings is 1. The number of alkyl halides is 3. The third kappa shape index (κ3) is 4.50. The zero-order chi connectivity index (χ0) is 21.3. The molecule has 2 unspecified atom stereocenters. The van der Waals surface area contributed by atoms with E-state index in [-0.39, 0.29) is 29.6 Å². The second-order valence-corrected chi connectivity index (χ2v) is 8.02. The highest BCUT2D eigenvalue weighted by molar-refractivity contribution is 5.92. The lowest BCUT2D eigenvalue weighted by Crippen LogP contribution is -2.42. The van der Waals surface area contributed by atoms with Crippen molar-refractivity contribution in [1.82, 2.24) is 4.90 Å². The van der Waals surface area contributed by atoms with Gasteiger partial charge in [0.05, 0.1) is 5.56 Å². The third-order valence-electron chi connectivity index (χ3n) is 5.99. The molecule has 2 aromatic carbocycles. The van der Waals surface area contributed by atoms with E-state index in [1.165, 1.54) is 12.1 Å². The molecule has 1 saturated heterocycles. The Morgan fingerprint density at radius 3 is 2.17 bits per heavy atom. The van der Waals surface area contributed by atoms with Gasteiger partial charge in [-0.1, -0.05) is 30.3 Å². The molecule has 0 aromatic heterocycles. The van der Waals surface area contributed by atoms with Gasteiger partial charge in [-0.25, -0.2) is 0 Å². The number of nitrogens with zero attached hydrogens (tertiary/aromatic N) is 1. The number of amides is 2. The highest BCUT2D eigenvalue weighted by Gasteiger charge is 2.46. The second-order valence-electron chi connectivity index (χ2n) is 8.02. The number of carbonyl (C=O) groups excluding carboxylic acids is 2. The van der Waals surface area contributed by atoms with E-state index in [2.05, 4.69) is 5.32 Å². The Labute approximate surface area is 173 Å². The van der Waals surface area contributed by atoms with E-state index in [1.807, 2.05) is 30.3 Å². The number of para-hydroxylation sites is 1. The molecule has 0 spiro atoms. The van der Waals surface area contributed by atoms with Crippen molar-refractivity contribution in [2.75, 3.05) is 18.4 Å². The van der Waals surface area contributed by atoms with Gasteiger partial charge in [-0.2, -0.15) is 13.2 Å². The summed E-state index contributed by atoms with van der Waals surface area (Å²) < 4.78 is 38.1. The van der Waals surface area contributed by atoms with Gasteiger partial charge in [-0.05, 0) is 55.0 Å². The minimum atomic E-state index is -4.35. The molecule has 1 heterocycles. The summed E-state index contributed by atoms with van der Waals surface area (Å²) in [6, 6.07) is 14.4. The SMILES string of the molecule is O=C(Nc1ccccc1)C1CCN(C(=O)C2CC2c2ccc(C(F)(F)F)cc2)CC1. The van der Waals surface area contributed by atoms with Gasteiger partial charge in [-0.3, -0.25) is 9.59 Å². The lowest BCUT2D eigenvalue weighted by molar-refractivity contribution is -0.137. The smallest absolute Gasteiger partial charge is 0.342 e. The van der Waals surface area contributed by atoms with Gasteiger partial charge >= 0.3 is 6.18 Å². The van der Waals surface area contributed by atoms with Gasteiger partial charge in [0.15, 0.2) is 0 Å². The molecule has 30 heavy (non-hydrogen) atoms. The van der Waals surface area contributed by atoms with Crippen molar-refractivity contribution in [3.8, 4) is 0 Å². The minimum absolute atomic E-state index is 0.0149. The van der Waals surface area contributed by atoms with Crippen molar-refractivity contribution in [1.29, 1.82) is 0 Å². The summed E-state index contributed by atoms with van der Waals surface area (Å²) in [6.07, 6.45) is -2.46. The zero-order valence-corrected chi connectivity index (χ0v) is 16.4. The van der Waals surface area contributed by atoms with Gasteiger partial charge < -0.3 is 10.2 Å². The topological polar surface area (TPSA) is 49.4 Å². The normalized spacial score (nSPS) is 21.9. The summed E-state index contributed by atoms with van der Waals surface area (Å²) in [7, 11) is 0. The average molecular weight is 416 g/mol. The van der Waals surface area contributed by atoms with Crippen LogP contribution in [0.1, 0.15) is 36.3 Å². The van der Waals surface area contributed by atoms with Crippen LogP contribution in [0, 0.1) is 11.8 Å². The summed E-state index contributed by atoms with van der Waals surface area (Å²) in [5.41, 5.74) is 0.863. The maximum absolute atomic E-state index is 12.8. The minimum Gasteiger partial charge on any atom is -0.342 e. The number of hydrogen-bond acceptors (Lipinski definition) is 2. The standard InChI is InChI=1S/C23H23F3N2O2/c24-23(25,26)17-8-6-15(7-9-17)19-14-20(19)22(30)28-12-10-16(11-13-28)21(29)27-18-4-2-1-3-5-18/h1-9,16,19-20H,10-14H2,(H,27,29). The van der Waals surface area contributed by atoms with Crippen LogP contribution in [0.15, 0.2) is 54.6 Å². The predicted octanol–water partition coefficient (Wildman–Crippen LogP) is 4.69. The average Bonchev–Trinajstić information content (AvgIpc) is 3.54. The summed E-state index contributed by atoms with van der Waals surface area (Å²) >= 11 is 0.